The molecular formula is C11H20N2O3. The maximum Gasteiger partial charge on any atom is 0.331 e. The summed E-state index contributed by atoms with van der Waals surface area (Å²) in [6, 6.07) is 0. The number of carboxylic acids is 1. The summed E-state index contributed by atoms with van der Waals surface area (Å²) >= 11 is 0. The van der Waals surface area contributed by atoms with Crippen LogP contribution in [0.5, 0.6) is 0 Å². The third kappa shape index (κ3) is 5.50. The fraction of sp³-hybridized carbons (Fsp3) is 0.636. The average molecular weight is 228 g/mol. The molecule has 0 saturated heterocycles. The van der Waals surface area contributed by atoms with Crippen LogP contribution in [0, 0.1) is 0 Å². The Balaban J connectivity index is 4.20. The van der Waals surface area contributed by atoms with Gasteiger partial charge in [0.25, 0.3) is 0 Å². The smallest absolute Gasteiger partial charge is 0.331 e. The molecule has 0 saturated carbocycles. The van der Waals surface area contributed by atoms with Crippen LogP contribution in [0.1, 0.15) is 13.3 Å². The maximum atomic E-state index is 11.3. The summed E-state index contributed by atoms with van der Waals surface area (Å²) in [7, 11) is 5.18. The molecule has 0 rings (SSSR count). The highest BCUT2D eigenvalue weighted by Crippen LogP contribution is 2.00. The van der Waals surface area contributed by atoms with Gasteiger partial charge in [-0.15, -0.1) is 0 Å². The number of aliphatic carboxylic acids is 1. The van der Waals surface area contributed by atoms with Crippen LogP contribution >= 0.6 is 0 Å². The zero-order valence-electron chi connectivity index (χ0n) is 10.4. The van der Waals surface area contributed by atoms with Crippen molar-refractivity contribution in [2.75, 3.05) is 34.2 Å². The van der Waals surface area contributed by atoms with Crippen molar-refractivity contribution in [3.63, 3.8) is 0 Å². The summed E-state index contributed by atoms with van der Waals surface area (Å²) in [5, 5.41) is 8.79. The topological polar surface area (TPSA) is 60.9 Å². The molecule has 0 fully saturated rings. The number of amides is 1. The highest BCUT2D eigenvalue weighted by Gasteiger charge is 2.08. The Labute approximate surface area is 96.3 Å². The number of nitrogens with zero attached hydrogens (tertiary/aromatic N) is 2. The third-order valence-corrected chi connectivity index (χ3v) is 2.21. The fourth-order valence-corrected chi connectivity index (χ4v) is 1.09. The molecule has 0 aromatic rings. The zero-order chi connectivity index (χ0) is 12.7. The first-order valence-corrected chi connectivity index (χ1v) is 5.19. The van der Waals surface area contributed by atoms with E-state index in [1.54, 1.807) is 39.0 Å². The molecule has 0 aromatic carbocycles. The average Bonchev–Trinajstić information content (AvgIpc) is 2.17. The molecule has 0 heterocycles. The lowest BCUT2D eigenvalue weighted by Gasteiger charge is -2.17. The van der Waals surface area contributed by atoms with Gasteiger partial charge in [-0.1, -0.05) is 13.0 Å². The van der Waals surface area contributed by atoms with E-state index in [2.05, 4.69) is 0 Å². The van der Waals surface area contributed by atoms with E-state index in [9.17, 15) is 9.59 Å². The van der Waals surface area contributed by atoms with Gasteiger partial charge in [-0.2, -0.15) is 0 Å². The van der Waals surface area contributed by atoms with E-state index in [0.29, 0.717) is 25.1 Å². The molecule has 0 aliphatic heterocycles. The van der Waals surface area contributed by atoms with E-state index in [1.165, 1.54) is 4.90 Å². The van der Waals surface area contributed by atoms with Gasteiger partial charge in [0, 0.05) is 26.2 Å². The van der Waals surface area contributed by atoms with Gasteiger partial charge in [0.2, 0.25) is 5.91 Å². The second-order valence-electron chi connectivity index (χ2n) is 3.87. The standard InChI is InChI=1S/C11H20N2O3/c1-5-9(11(15)16)6-7-13(4)8-10(14)12(2)3/h6H,5,7-8H2,1-4H3,(H,15,16). The molecule has 0 spiro atoms. The van der Waals surface area contributed by atoms with Crippen LogP contribution < -0.4 is 0 Å². The van der Waals surface area contributed by atoms with Crippen LogP contribution in [0.2, 0.25) is 0 Å². The summed E-state index contributed by atoms with van der Waals surface area (Å²) in [4.78, 5) is 25.4. The maximum absolute atomic E-state index is 11.3. The molecular weight excluding hydrogens is 208 g/mol. The summed E-state index contributed by atoms with van der Waals surface area (Å²) < 4.78 is 0. The molecule has 0 aliphatic carbocycles. The molecule has 1 N–H and O–H groups in total. The largest absolute Gasteiger partial charge is 0.478 e. The summed E-state index contributed by atoms with van der Waals surface area (Å²) in [5.74, 6) is -0.890. The van der Waals surface area contributed by atoms with Gasteiger partial charge in [-0.3, -0.25) is 9.69 Å². The molecule has 5 nitrogen and oxygen atoms in total. The normalized spacial score (nSPS) is 11.7. The Kier molecular flexibility index (Phi) is 6.41. The van der Waals surface area contributed by atoms with Crippen molar-refractivity contribution in [1.82, 2.24) is 9.80 Å². The number of likely N-dealkylation sites (N-methyl/N-ethyl adjacent to an activating group) is 2. The first kappa shape index (κ1) is 14.6. The number of hydrogen-bond donors (Lipinski definition) is 1. The van der Waals surface area contributed by atoms with Crippen LogP contribution in [0.25, 0.3) is 0 Å². The van der Waals surface area contributed by atoms with Gasteiger partial charge < -0.3 is 10.0 Å². The molecule has 0 bridgehead atoms. The molecule has 0 unspecified atom stereocenters. The summed E-state index contributed by atoms with van der Waals surface area (Å²) in [6.45, 7) is 2.56. The van der Waals surface area contributed by atoms with E-state index in [0.717, 1.165) is 0 Å². The predicted octanol–water partition coefficient (Wildman–Crippen LogP) is 0.427. The van der Waals surface area contributed by atoms with Crippen molar-refractivity contribution in [1.29, 1.82) is 0 Å². The lowest BCUT2D eigenvalue weighted by atomic mass is 10.2. The molecule has 0 aromatic heterocycles. The van der Waals surface area contributed by atoms with Crippen molar-refractivity contribution in [2.24, 2.45) is 0 Å². The van der Waals surface area contributed by atoms with E-state index >= 15 is 0 Å². The minimum atomic E-state index is -0.894. The van der Waals surface area contributed by atoms with Gasteiger partial charge >= 0.3 is 5.97 Å². The fourth-order valence-electron chi connectivity index (χ4n) is 1.09. The highest BCUT2D eigenvalue weighted by atomic mass is 16.4. The highest BCUT2D eigenvalue weighted by molar-refractivity contribution is 5.86. The van der Waals surface area contributed by atoms with Crippen molar-refractivity contribution in [2.45, 2.75) is 13.3 Å². The first-order chi connectivity index (χ1) is 7.38. The van der Waals surface area contributed by atoms with Crippen molar-refractivity contribution >= 4 is 11.9 Å². The van der Waals surface area contributed by atoms with E-state index in [4.69, 9.17) is 5.11 Å². The minimum absolute atomic E-state index is 0.00396. The molecule has 1 amide bonds. The van der Waals surface area contributed by atoms with Gasteiger partial charge in [0.15, 0.2) is 0 Å². The monoisotopic (exact) mass is 228 g/mol. The van der Waals surface area contributed by atoms with Crippen LogP contribution in [0.15, 0.2) is 11.6 Å². The SMILES string of the molecule is CCC(=CCN(C)CC(=O)N(C)C)C(=O)O. The number of carbonyl (C=O) groups is 2. The molecule has 5 heteroatoms. The van der Waals surface area contributed by atoms with Crippen molar-refractivity contribution < 1.29 is 14.7 Å². The number of carbonyl (C=O) groups excluding carboxylic acids is 1. The van der Waals surface area contributed by atoms with Crippen LogP contribution in [-0.2, 0) is 9.59 Å². The van der Waals surface area contributed by atoms with Crippen LogP contribution in [0.4, 0.5) is 0 Å². The Morgan fingerprint density at radius 3 is 2.19 bits per heavy atom. The van der Waals surface area contributed by atoms with Crippen molar-refractivity contribution in [3.8, 4) is 0 Å². The Bertz CT molecular complexity index is 285. The Morgan fingerprint density at radius 1 is 1.25 bits per heavy atom. The zero-order valence-corrected chi connectivity index (χ0v) is 10.4. The predicted molar refractivity (Wildman–Crippen MR) is 62.2 cm³/mol. The molecule has 16 heavy (non-hydrogen) atoms. The molecule has 92 valence electrons. The van der Waals surface area contributed by atoms with Gasteiger partial charge in [-0.25, -0.2) is 4.79 Å². The Hall–Kier alpha value is -1.36. The molecule has 0 atom stereocenters. The van der Waals surface area contributed by atoms with Gasteiger partial charge in [0.05, 0.1) is 6.54 Å². The second-order valence-corrected chi connectivity index (χ2v) is 3.87. The first-order valence-electron chi connectivity index (χ1n) is 5.19. The number of carboxylic acid groups (broad SMARTS) is 1. The lowest BCUT2D eigenvalue weighted by molar-refractivity contribution is -0.132. The molecule has 0 radical (unpaired) electrons. The number of hydrogen-bond acceptors (Lipinski definition) is 3. The van der Waals surface area contributed by atoms with E-state index in [1.807, 2.05) is 0 Å². The number of rotatable bonds is 6. The molecule has 0 aliphatic rings. The minimum Gasteiger partial charge on any atom is -0.478 e. The van der Waals surface area contributed by atoms with E-state index in [-0.39, 0.29) is 5.91 Å². The second kappa shape index (κ2) is 7.00. The van der Waals surface area contributed by atoms with Crippen molar-refractivity contribution in [3.05, 3.63) is 11.6 Å². The van der Waals surface area contributed by atoms with E-state index < -0.39 is 5.97 Å². The Morgan fingerprint density at radius 2 is 1.81 bits per heavy atom. The van der Waals surface area contributed by atoms with Crippen LogP contribution in [0.3, 0.4) is 0 Å². The van der Waals surface area contributed by atoms with Gasteiger partial charge in [-0.05, 0) is 13.5 Å². The van der Waals surface area contributed by atoms with Gasteiger partial charge in [0.1, 0.15) is 0 Å². The lowest BCUT2D eigenvalue weighted by Crippen LogP contribution is -2.34. The summed E-state index contributed by atoms with van der Waals surface area (Å²) in [5.41, 5.74) is 0.379. The van der Waals surface area contributed by atoms with Crippen LogP contribution in [-0.4, -0.2) is 61.0 Å². The quantitative estimate of drug-likeness (QED) is 0.670. The third-order valence-electron chi connectivity index (χ3n) is 2.21. The summed E-state index contributed by atoms with van der Waals surface area (Å²) in [6.07, 6.45) is 2.13.